The van der Waals surface area contributed by atoms with E-state index in [0.717, 1.165) is 6.42 Å². The molecule has 4 fully saturated rings. The zero-order valence-electron chi connectivity index (χ0n) is 21.4. The Morgan fingerprint density at radius 1 is 0.861 bits per heavy atom. The van der Waals surface area contributed by atoms with E-state index in [4.69, 9.17) is 9.47 Å². The lowest BCUT2D eigenvalue weighted by atomic mass is 9.52. The fraction of sp³-hybridized carbons (Fsp3) is 0.920. The summed E-state index contributed by atoms with van der Waals surface area (Å²) < 4.78 is 92.9. The Morgan fingerprint density at radius 3 is 1.81 bits per heavy atom. The van der Waals surface area contributed by atoms with Gasteiger partial charge in [-0.25, -0.2) is 0 Å². The molecule has 0 heterocycles. The summed E-state index contributed by atoms with van der Waals surface area (Å²) in [5, 5.41) is 0. The Hall–Kier alpha value is -1.52. The maximum Gasteiger partial charge on any atom is 0.411 e. The summed E-state index contributed by atoms with van der Waals surface area (Å²) in [7, 11) is 0. The summed E-state index contributed by atoms with van der Waals surface area (Å²) in [5.41, 5.74) is -2.46. The maximum atomic E-state index is 13.4. The van der Waals surface area contributed by atoms with E-state index < -0.39 is 47.5 Å². The van der Waals surface area contributed by atoms with Crippen LogP contribution in [-0.2, 0) is 23.8 Å². The highest BCUT2D eigenvalue weighted by Gasteiger charge is 2.63. The quantitative estimate of drug-likeness (QED) is 0.207. The Morgan fingerprint density at radius 2 is 1.36 bits per heavy atom. The number of hydrogen-bond donors (Lipinski definition) is 0. The van der Waals surface area contributed by atoms with Crippen LogP contribution in [0.4, 0.5) is 26.3 Å². The molecule has 4 bridgehead atoms. The first-order chi connectivity index (χ1) is 16.3. The molecule has 0 aliphatic heterocycles. The van der Waals surface area contributed by atoms with Gasteiger partial charge in [0.25, 0.3) is 0 Å². The zero-order valence-corrected chi connectivity index (χ0v) is 21.4. The molecule has 4 rings (SSSR count). The van der Waals surface area contributed by atoms with E-state index in [-0.39, 0.29) is 29.8 Å². The average molecular weight is 531 g/mol. The highest BCUT2D eigenvalue weighted by atomic mass is 19.4. The number of halogens is 6. The second kappa shape index (κ2) is 9.34. The van der Waals surface area contributed by atoms with Gasteiger partial charge >= 0.3 is 24.3 Å². The number of ether oxygens (including phenoxy) is 3. The van der Waals surface area contributed by atoms with E-state index in [1.54, 1.807) is 0 Å². The van der Waals surface area contributed by atoms with Crippen LogP contribution in [0.2, 0.25) is 0 Å². The van der Waals surface area contributed by atoms with Crippen LogP contribution >= 0.6 is 0 Å². The van der Waals surface area contributed by atoms with Crippen LogP contribution in [0, 0.1) is 28.6 Å². The predicted molar refractivity (Wildman–Crippen MR) is 117 cm³/mol. The highest BCUT2D eigenvalue weighted by Crippen LogP contribution is 2.61. The van der Waals surface area contributed by atoms with Gasteiger partial charge < -0.3 is 14.2 Å². The van der Waals surface area contributed by atoms with E-state index in [0.29, 0.717) is 38.5 Å². The minimum atomic E-state index is -5.80. The number of rotatable bonds is 8. The molecule has 0 amide bonds. The SMILES string of the molecule is CCC(C)(C(=O)OC12CC3CC(CC(OCCOC(=O)C(C(F)(F)F)C(F)(F)F)(C3)C1)C2)C(C)(C)C. The molecular formula is C25H36F6O5. The van der Waals surface area contributed by atoms with Crippen LogP contribution in [-0.4, -0.2) is 48.7 Å². The normalized spacial score (nSPS) is 31.9. The lowest BCUT2D eigenvalue weighted by molar-refractivity contribution is -0.283. The molecular weight excluding hydrogens is 494 g/mol. The molecule has 208 valence electrons. The van der Waals surface area contributed by atoms with Gasteiger partial charge in [-0.05, 0) is 62.7 Å². The van der Waals surface area contributed by atoms with E-state index in [2.05, 4.69) is 4.74 Å². The van der Waals surface area contributed by atoms with Gasteiger partial charge in [0.15, 0.2) is 0 Å². The van der Waals surface area contributed by atoms with Crippen LogP contribution in [0.25, 0.3) is 0 Å². The van der Waals surface area contributed by atoms with Gasteiger partial charge in [0.2, 0.25) is 5.92 Å². The summed E-state index contributed by atoms with van der Waals surface area (Å²) in [4.78, 5) is 24.9. The largest absolute Gasteiger partial charge is 0.463 e. The molecule has 4 saturated carbocycles. The fourth-order valence-electron chi connectivity index (χ4n) is 6.61. The van der Waals surface area contributed by atoms with Crippen LogP contribution < -0.4 is 0 Å². The monoisotopic (exact) mass is 530 g/mol. The van der Waals surface area contributed by atoms with Crippen LogP contribution in [0.15, 0.2) is 0 Å². The first-order valence-electron chi connectivity index (χ1n) is 12.4. The van der Waals surface area contributed by atoms with Crippen LogP contribution in [0.1, 0.15) is 79.6 Å². The van der Waals surface area contributed by atoms with E-state index >= 15 is 0 Å². The third kappa shape index (κ3) is 5.65. The topological polar surface area (TPSA) is 61.8 Å². The lowest BCUT2D eigenvalue weighted by Crippen LogP contribution is -2.62. The van der Waals surface area contributed by atoms with Crippen molar-refractivity contribution in [3.05, 3.63) is 0 Å². The maximum absolute atomic E-state index is 13.4. The molecule has 0 aromatic rings. The Labute approximate surface area is 207 Å². The van der Waals surface area contributed by atoms with Crippen molar-refractivity contribution in [2.75, 3.05) is 13.2 Å². The predicted octanol–water partition coefficient (Wildman–Crippen LogP) is 6.38. The summed E-state index contributed by atoms with van der Waals surface area (Å²) in [6.07, 6.45) is -6.90. The van der Waals surface area contributed by atoms with Crippen LogP contribution in [0.3, 0.4) is 0 Å². The van der Waals surface area contributed by atoms with Gasteiger partial charge in [-0.3, -0.25) is 9.59 Å². The lowest BCUT2D eigenvalue weighted by Gasteiger charge is -2.61. The third-order valence-corrected chi connectivity index (χ3v) is 8.70. The Bertz CT molecular complexity index is 817. The molecule has 0 aromatic heterocycles. The number of alkyl halides is 6. The van der Waals surface area contributed by atoms with Crippen molar-refractivity contribution in [1.82, 2.24) is 0 Å². The highest BCUT2D eigenvalue weighted by molar-refractivity contribution is 5.78. The molecule has 0 aromatic carbocycles. The molecule has 0 radical (unpaired) electrons. The van der Waals surface area contributed by atoms with Gasteiger partial charge in [0.1, 0.15) is 12.2 Å². The summed E-state index contributed by atoms with van der Waals surface area (Å²) in [5.74, 6) is -6.37. The summed E-state index contributed by atoms with van der Waals surface area (Å²) in [6.45, 7) is 8.74. The van der Waals surface area contributed by atoms with E-state index in [1.807, 2.05) is 34.6 Å². The fourth-order valence-corrected chi connectivity index (χ4v) is 6.61. The minimum absolute atomic E-state index is 0.240. The van der Waals surface area contributed by atoms with Gasteiger partial charge in [0, 0.05) is 6.42 Å². The molecule has 3 unspecified atom stereocenters. The van der Waals surface area contributed by atoms with Gasteiger partial charge in [0.05, 0.1) is 17.6 Å². The van der Waals surface area contributed by atoms with Gasteiger partial charge in [-0.15, -0.1) is 0 Å². The molecule has 36 heavy (non-hydrogen) atoms. The van der Waals surface area contributed by atoms with Gasteiger partial charge in [-0.1, -0.05) is 27.7 Å². The van der Waals surface area contributed by atoms with Crippen molar-refractivity contribution in [3.63, 3.8) is 0 Å². The smallest absolute Gasteiger partial charge is 0.411 e. The van der Waals surface area contributed by atoms with Crippen molar-refractivity contribution in [2.45, 2.75) is 103 Å². The van der Waals surface area contributed by atoms with Crippen molar-refractivity contribution in [1.29, 1.82) is 0 Å². The van der Waals surface area contributed by atoms with Crippen molar-refractivity contribution >= 4 is 11.9 Å². The Kier molecular flexibility index (Phi) is 7.54. The van der Waals surface area contributed by atoms with Crippen molar-refractivity contribution < 1.29 is 50.1 Å². The molecule has 3 atom stereocenters. The zero-order chi connectivity index (χ0) is 27.4. The first kappa shape index (κ1) is 29.0. The standard InChI is InChI=1S/C25H36F6O5/c1-6-21(5,20(2,3)4)19(33)36-23-12-15-9-16(13-23)11-22(10-15,14-23)35-8-7-34-18(32)17(24(26,27)28)25(29,30)31/h15-17H,6-14H2,1-5H3. The van der Waals surface area contributed by atoms with E-state index in [9.17, 15) is 35.9 Å². The van der Waals surface area contributed by atoms with Crippen molar-refractivity contribution in [2.24, 2.45) is 28.6 Å². The second-order valence-corrected chi connectivity index (χ2v) is 12.2. The van der Waals surface area contributed by atoms with Gasteiger partial charge in [-0.2, -0.15) is 26.3 Å². The number of esters is 2. The van der Waals surface area contributed by atoms with Crippen molar-refractivity contribution in [3.8, 4) is 0 Å². The third-order valence-electron chi connectivity index (χ3n) is 8.70. The second-order valence-electron chi connectivity index (χ2n) is 12.2. The van der Waals surface area contributed by atoms with E-state index in [1.165, 1.54) is 0 Å². The number of carbonyl (C=O) groups is 2. The molecule has 11 heteroatoms. The molecule has 0 N–H and O–H groups in total. The first-order valence-corrected chi connectivity index (χ1v) is 12.4. The molecule has 0 spiro atoms. The number of hydrogen-bond acceptors (Lipinski definition) is 5. The molecule has 4 aliphatic rings. The molecule has 0 saturated heterocycles. The number of carbonyl (C=O) groups excluding carboxylic acids is 2. The summed E-state index contributed by atoms with van der Waals surface area (Å²) in [6, 6.07) is 0. The Balaban J connectivity index is 1.65. The average Bonchev–Trinajstić information content (AvgIpc) is 2.66. The summed E-state index contributed by atoms with van der Waals surface area (Å²) >= 11 is 0. The van der Waals surface area contributed by atoms with Crippen LogP contribution in [0.5, 0.6) is 0 Å². The minimum Gasteiger partial charge on any atom is -0.463 e. The molecule has 5 nitrogen and oxygen atoms in total. The molecule has 4 aliphatic carbocycles.